The highest BCUT2D eigenvalue weighted by Crippen LogP contribution is 2.36. The Hall–Kier alpha value is -2.32. The van der Waals surface area contributed by atoms with Gasteiger partial charge in [0.05, 0.1) is 16.7 Å². The van der Waals surface area contributed by atoms with Crippen LogP contribution in [0.2, 0.25) is 5.02 Å². The number of ketones is 1. The summed E-state index contributed by atoms with van der Waals surface area (Å²) in [6, 6.07) is 13.6. The molecule has 0 radical (unpaired) electrons. The van der Waals surface area contributed by atoms with Crippen LogP contribution in [0, 0.1) is 11.3 Å². The van der Waals surface area contributed by atoms with Gasteiger partial charge in [-0.05, 0) is 23.3 Å². The summed E-state index contributed by atoms with van der Waals surface area (Å²) in [7, 11) is 0. The Kier molecular flexibility index (Phi) is 5.07. The van der Waals surface area contributed by atoms with Gasteiger partial charge in [0.15, 0.2) is 5.78 Å². The number of alkyl halides is 3. The zero-order valence-electron chi connectivity index (χ0n) is 11.8. The largest absolute Gasteiger partial charge is 0.417 e. The molecule has 2 aromatic rings. The first kappa shape index (κ1) is 17.0. The van der Waals surface area contributed by atoms with Crippen molar-refractivity contribution in [2.45, 2.75) is 18.5 Å². The molecular weight excluding hydrogens is 327 g/mol. The molecule has 2 nitrogen and oxygen atoms in total. The van der Waals surface area contributed by atoms with Crippen molar-refractivity contribution in [3.05, 3.63) is 70.2 Å². The van der Waals surface area contributed by atoms with E-state index < -0.39 is 28.5 Å². The maximum absolute atomic E-state index is 12.9. The van der Waals surface area contributed by atoms with Crippen LogP contribution < -0.4 is 0 Å². The van der Waals surface area contributed by atoms with E-state index in [2.05, 4.69) is 0 Å². The lowest BCUT2D eigenvalue weighted by molar-refractivity contribution is -0.137. The molecule has 0 aromatic heterocycles. The quantitative estimate of drug-likeness (QED) is 0.805. The molecule has 2 aromatic carbocycles. The van der Waals surface area contributed by atoms with Crippen LogP contribution in [0.1, 0.15) is 22.6 Å². The van der Waals surface area contributed by atoms with Crippen LogP contribution in [0.5, 0.6) is 0 Å². The summed E-state index contributed by atoms with van der Waals surface area (Å²) in [5.74, 6) is -1.73. The number of Topliss-reactive ketones (excluding diaryl/α,β-unsaturated/α-hetero) is 1. The molecule has 0 aliphatic rings. The first-order valence-corrected chi connectivity index (χ1v) is 7.03. The van der Waals surface area contributed by atoms with E-state index >= 15 is 0 Å². The van der Waals surface area contributed by atoms with Gasteiger partial charge < -0.3 is 0 Å². The molecule has 0 fully saturated rings. The topological polar surface area (TPSA) is 40.9 Å². The summed E-state index contributed by atoms with van der Waals surface area (Å²) in [6.07, 6.45) is -4.67. The lowest BCUT2D eigenvalue weighted by Crippen LogP contribution is -2.15. The first-order valence-electron chi connectivity index (χ1n) is 6.66. The molecule has 1 atom stereocenters. The highest BCUT2D eigenvalue weighted by Gasteiger charge is 2.34. The fraction of sp³-hybridized carbons (Fsp3) is 0.176. The molecule has 0 heterocycles. The average molecular weight is 338 g/mol. The van der Waals surface area contributed by atoms with E-state index in [9.17, 15) is 23.2 Å². The number of carbonyl (C=O) groups is 1. The van der Waals surface area contributed by atoms with Crippen LogP contribution in [0.15, 0.2) is 48.5 Å². The van der Waals surface area contributed by atoms with Crippen molar-refractivity contribution in [1.29, 1.82) is 5.26 Å². The fourth-order valence-corrected chi connectivity index (χ4v) is 2.40. The minimum atomic E-state index is -4.64. The number of hydrogen-bond donors (Lipinski definition) is 0. The minimum Gasteiger partial charge on any atom is -0.297 e. The van der Waals surface area contributed by atoms with Gasteiger partial charge in [-0.2, -0.15) is 18.4 Å². The van der Waals surface area contributed by atoms with Gasteiger partial charge in [0.1, 0.15) is 5.92 Å². The molecule has 0 amide bonds. The Bertz CT molecular complexity index is 751. The van der Waals surface area contributed by atoms with E-state index in [0.717, 1.165) is 12.1 Å². The van der Waals surface area contributed by atoms with Crippen LogP contribution >= 0.6 is 11.6 Å². The third-order valence-electron chi connectivity index (χ3n) is 3.30. The van der Waals surface area contributed by atoms with Crippen molar-refractivity contribution >= 4 is 17.4 Å². The van der Waals surface area contributed by atoms with Crippen molar-refractivity contribution in [1.82, 2.24) is 0 Å². The van der Waals surface area contributed by atoms with Crippen molar-refractivity contribution in [2.75, 3.05) is 0 Å². The second-order valence-electron chi connectivity index (χ2n) is 4.93. The van der Waals surface area contributed by atoms with Gasteiger partial charge in [-0.1, -0.05) is 48.0 Å². The standard InChI is InChI=1S/C17H11ClF3NO/c18-15-7-6-12(9-14(15)17(19,20)21)13(10-22)16(23)8-11-4-2-1-3-5-11/h1-7,9,13H,8H2. The van der Waals surface area contributed by atoms with E-state index in [-0.39, 0.29) is 12.0 Å². The van der Waals surface area contributed by atoms with Crippen molar-refractivity contribution < 1.29 is 18.0 Å². The summed E-state index contributed by atoms with van der Waals surface area (Å²) in [5, 5.41) is 8.74. The fourth-order valence-electron chi connectivity index (χ4n) is 2.17. The Morgan fingerprint density at radius 1 is 1.17 bits per heavy atom. The molecule has 0 bridgehead atoms. The highest BCUT2D eigenvalue weighted by molar-refractivity contribution is 6.31. The van der Waals surface area contributed by atoms with Gasteiger partial charge in [0, 0.05) is 6.42 Å². The number of nitrogens with zero attached hydrogens (tertiary/aromatic N) is 1. The smallest absolute Gasteiger partial charge is 0.297 e. The molecule has 118 valence electrons. The molecule has 0 saturated carbocycles. The van der Waals surface area contributed by atoms with Crippen LogP contribution in [-0.2, 0) is 17.4 Å². The van der Waals surface area contributed by atoms with Crippen molar-refractivity contribution in [3.8, 4) is 6.07 Å². The van der Waals surface area contributed by atoms with E-state index in [4.69, 9.17) is 11.6 Å². The van der Waals surface area contributed by atoms with Gasteiger partial charge in [-0.25, -0.2) is 0 Å². The third kappa shape index (κ3) is 4.11. The Morgan fingerprint density at radius 2 is 1.83 bits per heavy atom. The normalized spacial score (nSPS) is 12.5. The van der Waals surface area contributed by atoms with Crippen molar-refractivity contribution in [3.63, 3.8) is 0 Å². The third-order valence-corrected chi connectivity index (χ3v) is 3.63. The number of carbonyl (C=O) groups excluding carboxylic acids is 1. The Balaban J connectivity index is 2.31. The molecule has 0 aliphatic heterocycles. The lowest BCUT2D eigenvalue weighted by Gasteiger charge is -2.13. The number of halogens is 4. The number of hydrogen-bond acceptors (Lipinski definition) is 2. The maximum atomic E-state index is 12.9. The van der Waals surface area contributed by atoms with Crippen LogP contribution in [-0.4, -0.2) is 5.78 Å². The summed E-state index contributed by atoms with van der Waals surface area (Å²) < 4.78 is 38.7. The SMILES string of the molecule is N#CC(C(=O)Cc1ccccc1)c1ccc(Cl)c(C(F)(F)F)c1. The Labute approximate surface area is 136 Å². The molecule has 23 heavy (non-hydrogen) atoms. The predicted octanol–water partition coefficient (Wildman–Crippen LogP) is 4.78. The van der Waals surface area contributed by atoms with Gasteiger partial charge in [0.25, 0.3) is 0 Å². The molecule has 0 spiro atoms. The summed E-state index contributed by atoms with van der Waals surface area (Å²) in [6.45, 7) is 0. The van der Waals surface area contributed by atoms with E-state index in [1.807, 2.05) is 0 Å². The Morgan fingerprint density at radius 3 is 2.39 bits per heavy atom. The molecule has 1 unspecified atom stereocenters. The molecule has 6 heteroatoms. The van der Waals surface area contributed by atoms with Gasteiger partial charge in [0.2, 0.25) is 0 Å². The van der Waals surface area contributed by atoms with Crippen LogP contribution in [0.25, 0.3) is 0 Å². The van der Waals surface area contributed by atoms with Gasteiger partial charge >= 0.3 is 6.18 Å². The van der Waals surface area contributed by atoms with E-state index in [0.29, 0.717) is 5.56 Å². The van der Waals surface area contributed by atoms with Crippen molar-refractivity contribution in [2.24, 2.45) is 0 Å². The first-order chi connectivity index (χ1) is 10.8. The zero-order chi connectivity index (χ0) is 17.0. The van der Waals surface area contributed by atoms with E-state index in [1.54, 1.807) is 36.4 Å². The second kappa shape index (κ2) is 6.84. The maximum Gasteiger partial charge on any atom is 0.417 e. The molecule has 0 saturated heterocycles. The number of nitriles is 1. The molecule has 0 N–H and O–H groups in total. The molecular formula is C17H11ClF3NO. The molecule has 2 rings (SSSR count). The predicted molar refractivity (Wildman–Crippen MR) is 80.0 cm³/mol. The zero-order valence-corrected chi connectivity index (χ0v) is 12.5. The summed E-state index contributed by atoms with van der Waals surface area (Å²) in [4.78, 5) is 12.3. The monoisotopic (exact) mass is 337 g/mol. The number of benzene rings is 2. The summed E-state index contributed by atoms with van der Waals surface area (Å²) in [5.41, 5.74) is -0.364. The summed E-state index contributed by atoms with van der Waals surface area (Å²) >= 11 is 5.55. The van der Waals surface area contributed by atoms with Gasteiger partial charge in [-0.3, -0.25) is 4.79 Å². The molecule has 0 aliphatic carbocycles. The minimum absolute atomic E-state index is 0.00911. The van der Waals surface area contributed by atoms with Gasteiger partial charge in [-0.15, -0.1) is 0 Å². The van der Waals surface area contributed by atoms with Crippen LogP contribution in [0.4, 0.5) is 13.2 Å². The average Bonchev–Trinajstić information content (AvgIpc) is 2.49. The second-order valence-corrected chi connectivity index (χ2v) is 5.34. The van der Waals surface area contributed by atoms with Crippen LogP contribution in [0.3, 0.4) is 0 Å². The number of rotatable bonds is 4. The lowest BCUT2D eigenvalue weighted by atomic mass is 9.91. The highest BCUT2D eigenvalue weighted by atomic mass is 35.5. The van der Waals surface area contributed by atoms with E-state index in [1.165, 1.54) is 6.07 Å².